The van der Waals surface area contributed by atoms with Crippen LogP contribution in [0.15, 0.2) is 0 Å². The Labute approximate surface area is 146 Å². The van der Waals surface area contributed by atoms with Crippen LogP contribution in [-0.4, -0.2) is 29.2 Å². The van der Waals surface area contributed by atoms with Gasteiger partial charge in [0.2, 0.25) is 0 Å². The van der Waals surface area contributed by atoms with Crippen LogP contribution in [0.25, 0.3) is 0 Å². The lowest BCUT2D eigenvalue weighted by atomic mass is 9.81. The largest absolute Gasteiger partial charge is 0.332 e. The highest BCUT2D eigenvalue weighted by Crippen LogP contribution is 2.24. The molecule has 0 bridgehead atoms. The summed E-state index contributed by atoms with van der Waals surface area (Å²) in [4.78, 5) is 35.6. The number of ketones is 2. The summed E-state index contributed by atoms with van der Waals surface area (Å²) in [6.07, 6.45) is 13.0. The number of nitrogens with one attached hydrogen (secondary N) is 2. The molecule has 0 aromatic carbocycles. The van der Waals surface area contributed by atoms with Crippen molar-refractivity contribution in [3.05, 3.63) is 0 Å². The van der Waals surface area contributed by atoms with Gasteiger partial charge in [0.15, 0.2) is 17.1 Å². The number of Topliss-reactive ketones (excluding diaryl/α,β-unsaturated/α-hetero) is 2. The molecular weight excluding hydrogens is 304 g/mol. The monoisotopic (exact) mass is 338 g/mol. The van der Waals surface area contributed by atoms with Gasteiger partial charge in [-0.1, -0.05) is 71.1 Å². The van der Waals surface area contributed by atoms with Gasteiger partial charge in [-0.15, -0.1) is 0 Å². The average Bonchev–Trinajstić information content (AvgIpc) is 2.87. The smallest absolute Gasteiger partial charge is 0.316 e. The summed E-state index contributed by atoms with van der Waals surface area (Å²) in [7, 11) is 0. The minimum Gasteiger partial charge on any atom is -0.332 e. The van der Waals surface area contributed by atoms with Gasteiger partial charge in [-0.2, -0.15) is 0 Å². The van der Waals surface area contributed by atoms with Crippen molar-refractivity contribution >= 4 is 17.6 Å². The van der Waals surface area contributed by atoms with Gasteiger partial charge in [-0.25, -0.2) is 4.79 Å². The predicted octanol–water partition coefficient (Wildman–Crippen LogP) is 3.90. The van der Waals surface area contributed by atoms with E-state index in [2.05, 4.69) is 17.6 Å². The molecular formula is C19H34N2O3. The predicted molar refractivity (Wildman–Crippen MR) is 96.0 cm³/mol. The number of urea groups is 1. The van der Waals surface area contributed by atoms with Crippen LogP contribution < -0.4 is 10.6 Å². The Morgan fingerprint density at radius 1 is 0.875 bits per heavy atom. The summed E-state index contributed by atoms with van der Waals surface area (Å²) in [6.45, 7) is 4.98. The number of carbonyl (C=O) groups excluding carboxylic acids is 3. The summed E-state index contributed by atoms with van der Waals surface area (Å²) in [6, 6.07) is -0.841. The molecule has 1 aliphatic heterocycles. The topological polar surface area (TPSA) is 75.3 Å². The Hall–Kier alpha value is -1.39. The molecule has 0 saturated carbocycles. The normalized spacial score (nSPS) is 19.0. The van der Waals surface area contributed by atoms with Crippen molar-refractivity contribution in [2.75, 3.05) is 0 Å². The highest BCUT2D eigenvalue weighted by atomic mass is 16.2. The third-order valence-electron chi connectivity index (χ3n) is 5.10. The second-order valence-corrected chi connectivity index (χ2v) is 7.04. The number of amides is 2. The molecule has 1 unspecified atom stereocenters. The van der Waals surface area contributed by atoms with Gasteiger partial charge in [-0.05, 0) is 20.3 Å². The standard InChI is InChI=1S/C19H34N2O3/c1-4-5-6-7-8-9-10-11-12-13-14-17-19(15(2)22,16(3)23)21-18(24)20-17/h17H,4-14H2,1-3H3,(H2,20,21,24). The second-order valence-electron chi connectivity index (χ2n) is 7.04. The van der Waals surface area contributed by atoms with Gasteiger partial charge in [0.1, 0.15) is 0 Å². The molecule has 0 aromatic heterocycles. The van der Waals surface area contributed by atoms with Gasteiger partial charge in [0.05, 0.1) is 6.04 Å². The fourth-order valence-corrected chi connectivity index (χ4v) is 3.61. The highest BCUT2D eigenvalue weighted by Gasteiger charge is 2.53. The minimum atomic E-state index is -1.36. The van der Waals surface area contributed by atoms with E-state index in [0.29, 0.717) is 6.42 Å². The van der Waals surface area contributed by atoms with E-state index in [1.54, 1.807) is 0 Å². The molecule has 0 aliphatic carbocycles. The lowest BCUT2D eigenvalue weighted by molar-refractivity contribution is -0.133. The molecule has 0 spiro atoms. The zero-order chi connectivity index (χ0) is 18.0. The quantitative estimate of drug-likeness (QED) is 0.395. The van der Waals surface area contributed by atoms with E-state index in [-0.39, 0.29) is 11.6 Å². The lowest BCUT2D eigenvalue weighted by Gasteiger charge is -2.28. The fourth-order valence-electron chi connectivity index (χ4n) is 3.61. The van der Waals surface area contributed by atoms with Crippen LogP contribution in [0.2, 0.25) is 0 Å². The molecule has 1 heterocycles. The number of unbranched alkanes of at least 4 members (excludes halogenated alkanes) is 9. The molecule has 5 nitrogen and oxygen atoms in total. The maximum atomic E-state index is 12.0. The molecule has 1 saturated heterocycles. The second kappa shape index (κ2) is 10.5. The first-order valence-electron chi connectivity index (χ1n) is 9.56. The van der Waals surface area contributed by atoms with Crippen molar-refractivity contribution in [1.29, 1.82) is 0 Å². The third-order valence-corrected chi connectivity index (χ3v) is 5.10. The van der Waals surface area contributed by atoms with Crippen molar-refractivity contribution in [1.82, 2.24) is 10.6 Å². The molecule has 5 heteroatoms. The van der Waals surface area contributed by atoms with Crippen LogP contribution in [0.3, 0.4) is 0 Å². The zero-order valence-electron chi connectivity index (χ0n) is 15.6. The van der Waals surface area contributed by atoms with Gasteiger partial charge < -0.3 is 10.6 Å². The molecule has 2 N–H and O–H groups in total. The highest BCUT2D eigenvalue weighted by molar-refractivity contribution is 6.14. The van der Waals surface area contributed by atoms with Crippen molar-refractivity contribution in [3.63, 3.8) is 0 Å². The first-order chi connectivity index (χ1) is 11.4. The van der Waals surface area contributed by atoms with E-state index >= 15 is 0 Å². The third kappa shape index (κ3) is 5.60. The zero-order valence-corrected chi connectivity index (χ0v) is 15.6. The minimum absolute atomic E-state index is 0.287. The molecule has 2 amide bonds. The van der Waals surface area contributed by atoms with Gasteiger partial charge in [-0.3, -0.25) is 9.59 Å². The van der Waals surface area contributed by atoms with E-state index in [0.717, 1.165) is 12.8 Å². The Balaban J connectivity index is 2.25. The lowest BCUT2D eigenvalue weighted by Crippen LogP contribution is -2.60. The summed E-state index contributed by atoms with van der Waals surface area (Å²) >= 11 is 0. The van der Waals surface area contributed by atoms with Gasteiger partial charge in [0, 0.05) is 0 Å². The van der Waals surface area contributed by atoms with Gasteiger partial charge in [0.25, 0.3) is 0 Å². The molecule has 24 heavy (non-hydrogen) atoms. The molecule has 138 valence electrons. The van der Waals surface area contributed by atoms with Gasteiger partial charge >= 0.3 is 6.03 Å². The van der Waals surface area contributed by atoms with Crippen molar-refractivity contribution in [2.24, 2.45) is 0 Å². The molecule has 0 aromatic rings. The van der Waals surface area contributed by atoms with E-state index < -0.39 is 17.6 Å². The molecule has 1 fully saturated rings. The van der Waals surface area contributed by atoms with Crippen molar-refractivity contribution < 1.29 is 14.4 Å². The first-order valence-corrected chi connectivity index (χ1v) is 9.56. The number of hydrogen-bond acceptors (Lipinski definition) is 3. The van der Waals surface area contributed by atoms with E-state index in [1.807, 2.05) is 0 Å². The SMILES string of the molecule is CCCCCCCCCCCCC1NC(=O)NC1(C(C)=O)C(C)=O. The number of rotatable bonds is 13. The van der Waals surface area contributed by atoms with Crippen LogP contribution >= 0.6 is 0 Å². The summed E-state index contributed by atoms with van der Waals surface area (Å²) in [5.41, 5.74) is -1.36. The van der Waals surface area contributed by atoms with E-state index in [4.69, 9.17) is 0 Å². The first kappa shape index (κ1) is 20.7. The van der Waals surface area contributed by atoms with Crippen LogP contribution in [0.1, 0.15) is 91.4 Å². The molecule has 1 aliphatic rings. The average molecular weight is 338 g/mol. The van der Waals surface area contributed by atoms with E-state index in [9.17, 15) is 14.4 Å². The summed E-state index contributed by atoms with van der Waals surface area (Å²) in [5, 5.41) is 5.30. The van der Waals surface area contributed by atoms with Crippen molar-refractivity contribution in [3.8, 4) is 0 Å². The van der Waals surface area contributed by atoms with Crippen LogP contribution in [0, 0.1) is 0 Å². The van der Waals surface area contributed by atoms with Crippen LogP contribution in [-0.2, 0) is 9.59 Å². The summed E-state index contributed by atoms with van der Waals surface area (Å²) < 4.78 is 0. The Kier molecular flexibility index (Phi) is 9.01. The maximum Gasteiger partial charge on any atom is 0.316 e. The Bertz CT molecular complexity index is 420. The number of carbonyl (C=O) groups is 3. The Morgan fingerprint density at radius 2 is 1.33 bits per heavy atom. The van der Waals surface area contributed by atoms with Crippen LogP contribution in [0.5, 0.6) is 0 Å². The number of hydrogen-bond donors (Lipinski definition) is 2. The molecule has 0 radical (unpaired) electrons. The van der Waals surface area contributed by atoms with E-state index in [1.165, 1.54) is 65.2 Å². The molecule has 1 rings (SSSR count). The Morgan fingerprint density at radius 3 is 1.79 bits per heavy atom. The van der Waals surface area contributed by atoms with Crippen LogP contribution in [0.4, 0.5) is 4.79 Å². The fraction of sp³-hybridized carbons (Fsp3) is 0.842. The summed E-state index contributed by atoms with van der Waals surface area (Å²) in [5.74, 6) is -0.573. The van der Waals surface area contributed by atoms with Crippen molar-refractivity contribution in [2.45, 2.75) is 103 Å². The molecule has 1 atom stereocenters. The maximum absolute atomic E-state index is 12.0.